The summed E-state index contributed by atoms with van der Waals surface area (Å²) in [5, 5.41) is 8.30. The largest absolute Gasteiger partial charge is 0.481 e. The van der Waals surface area contributed by atoms with Gasteiger partial charge in [0.05, 0.1) is 4.47 Å². The van der Waals surface area contributed by atoms with Crippen LogP contribution in [0.1, 0.15) is 0 Å². The second kappa shape index (κ2) is 4.23. The number of carbonyl (C=O) groups is 1. The van der Waals surface area contributed by atoms with Crippen LogP contribution in [0.5, 0.6) is 5.75 Å². The Labute approximate surface area is 82.3 Å². The zero-order valence-corrected chi connectivity index (χ0v) is 8.04. The predicted octanol–water partition coefficient (Wildman–Crippen LogP) is 2.05. The Balaban J connectivity index is 2.77. The Morgan fingerprint density at radius 2 is 2.31 bits per heavy atom. The maximum atomic E-state index is 12.8. The Hall–Kier alpha value is -1.10. The van der Waals surface area contributed by atoms with Crippen LogP contribution < -0.4 is 4.74 Å². The molecule has 1 N–H and O–H groups in total. The summed E-state index contributed by atoms with van der Waals surface area (Å²) in [6.45, 7) is -0.484. The summed E-state index contributed by atoms with van der Waals surface area (Å²) in [4.78, 5) is 10.1. The van der Waals surface area contributed by atoms with E-state index < -0.39 is 18.4 Å². The van der Waals surface area contributed by atoms with Crippen molar-refractivity contribution in [3.05, 3.63) is 28.5 Å². The minimum absolute atomic E-state index is 0.135. The van der Waals surface area contributed by atoms with Crippen LogP contribution in [-0.2, 0) is 4.79 Å². The van der Waals surface area contributed by atoms with Gasteiger partial charge in [0.15, 0.2) is 6.61 Å². The standard InChI is InChI=1S/C8H6BrFO3/c9-8-5(10)2-1-3-6(8)13-4-7(11)12/h1-3H,4H2,(H,11,12). The molecule has 0 aliphatic heterocycles. The number of hydrogen-bond donors (Lipinski definition) is 1. The van der Waals surface area contributed by atoms with Gasteiger partial charge >= 0.3 is 5.97 Å². The van der Waals surface area contributed by atoms with Crippen LogP contribution in [0.3, 0.4) is 0 Å². The van der Waals surface area contributed by atoms with E-state index in [4.69, 9.17) is 9.84 Å². The highest BCUT2D eigenvalue weighted by Crippen LogP contribution is 2.27. The summed E-state index contributed by atoms with van der Waals surface area (Å²) in [7, 11) is 0. The molecule has 0 radical (unpaired) electrons. The number of rotatable bonds is 3. The highest BCUT2D eigenvalue weighted by atomic mass is 79.9. The van der Waals surface area contributed by atoms with Crippen molar-refractivity contribution < 1.29 is 19.0 Å². The zero-order valence-electron chi connectivity index (χ0n) is 6.46. The molecule has 0 saturated carbocycles. The lowest BCUT2D eigenvalue weighted by Gasteiger charge is -2.05. The fraction of sp³-hybridized carbons (Fsp3) is 0.125. The minimum atomic E-state index is -1.10. The summed E-state index contributed by atoms with van der Waals surface area (Å²) >= 11 is 2.94. The van der Waals surface area contributed by atoms with Gasteiger partial charge in [0.1, 0.15) is 11.6 Å². The molecule has 0 amide bonds. The van der Waals surface area contributed by atoms with Gasteiger partial charge in [-0.25, -0.2) is 9.18 Å². The summed E-state index contributed by atoms with van der Waals surface area (Å²) in [6, 6.07) is 4.17. The molecule has 0 spiro atoms. The Morgan fingerprint density at radius 1 is 1.62 bits per heavy atom. The molecule has 1 rings (SSSR count). The normalized spacial score (nSPS) is 9.69. The fourth-order valence-corrected chi connectivity index (χ4v) is 1.11. The number of halogens is 2. The number of ether oxygens (including phenoxy) is 1. The zero-order chi connectivity index (χ0) is 9.84. The first kappa shape index (κ1) is 9.98. The van der Waals surface area contributed by atoms with Crippen LogP contribution in [0, 0.1) is 5.82 Å². The third kappa shape index (κ3) is 2.69. The fourth-order valence-electron chi connectivity index (χ4n) is 0.735. The Bertz CT molecular complexity index is 327. The summed E-state index contributed by atoms with van der Waals surface area (Å²) in [5.41, 5.74) is 0. The first-order chi connectivity index (χ1) is 6.11. The van der Waals surface area contributed by atoms with Crippen molar-refractivity contribution in [3.8, 4) is 5.75 Å². The first-order valence-electron chi connectivity index (χ1n) is 3.40. The van der Waals surface area contributed by atoms with Crippen LogP contribution in [0.25, 0.3) is 0 Å². The van der Waals surface area contributed by atoms with Crippen LogP contribution in [0.4, 0.5) is 4.39 Å². The molecule has 3 nitrogen and oxygen atoms in total. The first-order valence-corrected chi connectivity index (χ1v) is 4.19. The minimum Gasteiger partial charge on any atom is -0.481 e. The molecular weight excluding hydrogens is 243 g/mol. The van der Waals surface area contributed by atoms with Gasteiger partial charge in [-0.3, -0.25) is 0 Å². The van der Waals surface area contributed by atoms with Crippen molar-refractivity contribution >= 4 is 21.9 Å². The van der Waals surface area contributed by atoms with E-state index in [0.717, 1.165) is 0 Å². The topological polar surface area (TPSA) is 46.5 Å². The van der Waals surface area contributed by atoms with Crippen LogP contribution in [0.2, 0.25) is 0 Å². The van der Waals surface area contributed by atoms with Crippen LogP contribution in [0.15, 0.2) is 22.7 Å². The van der Waals surface area contributed by atoms with E-state index in [0.29, 0.717) is 0 Å². The SMILES string of the molecule is O=C(O)COc1cccc(F)c1Br. The molecule has 0 aromatic heterocycles. The molecule has 0 unspecified atom stereocenters. The van der Waals surface area contributed by atoms with Gasteiger partial charge in [-0.1, -0.05) is 6.07 Å². The summed E-state index contributed by atoms with van der Waals surface area (Å²) in [5.74, 6) is -1.40. The van der Waals surface area contributed by atoms with E-state index in [1.807, 2.05) is 0 Å². The molecule has 13 heavy (non-hydrogen) atoms. The third-order valence-electron chi connectivity index (χ3n) is 1.27. The van der Waals surface area contributed by atoms with Crippen molar-refractivity contribution in [2.45, 2.75) is 0 Å². The van der Waals surface area contributed by atoms with Crippen LogP contribution in [-0.4, -0.2) is 17.7 Å². The highest BCUT2D eigenvalue weighted by molar-refractivity contribution is 9.10. The summed E-state index contributed by atoms with van der Waals surface area (Å²) < 4.78 is 17.8. The molecule has 1 aromatic carbocycles. The lowest BCUT2D eigenvalue weighted by molar-refractivity contribution is -0.139. The van der Waals surface area contributed by atoms with Gasteiger partial charge in [-0.05, 0) is 28.1 Å². The second-order valence-corrected chi connectivity index (χ2v) is 3.03. The van der Waals surface area contributed by atoms with E-state index in [-0.39, 0.29) is 10.2 Å². The van der Waals surface area contributed by atoms with Gasteiger partial charge in [0.25, 0.3) is 0 Å². The molecule has 0 fully saturated rings. The van der Waals surface area contributed by atoms with Crippen molar-refractivity contribution in [3.63, 3.8) is 0 Å². The number of hydrogen-bond acceptors (Lipinski definition) is 2. The van der Waals surface area contributed by atoms with E-state index in [2.05, 4.69) is 15.9 Å². The molecule has 0 heterocycles. The number of aliphatic carboxylic acids is 1. The molecule has 1 aromatic rings. The number of carboxylic acids is 1. The van der Waals surface area contributed by atoms with Crippen molar-refractivity contribution in [1.29, 1.82) is 0 Å². The van der Waals surface area contributed by atoms with Crippen molar-refractivity contribution in [1.82, 2.24) is 0 Å². The molecule has 0 aliphatic rings. The van der Waals surface area contributed by atoms with Gasteiger partial charge < -0.3 is 9.84 Å². The highest BCUT2D eigenvalue weighted by Gasteiger charge is 2.07. The Kier molecular flexibility index (Phi) is 3.25. The smallest absolute Gasteiger partial charge is 0.341 e. The van der Waals surface area contributed by atoms with Crippen molar-refractivity contribution in [2.75, 3.05) is 6.61 Å². The van der Waals surface area contributed by atoms with E-state index in [1.165, 1.54) is 18.2 Å². The molecule has 0 atom stereocenters. The quantitative estimate of drug-likeness (QED) is 0.891. The van der Waals surface area contributed by atoms with E-state index >= 15 is 0 Å². The molecule has 70 valence electrons. The van der Waals surface area contributed by atoms with E-state index in [1.54, 1.807) is 0 Å². The van der Waals surface area contributed by atoms with E-state index in [9.17, 15) is 9.18 Å². The molecule has 0 bridgehead atoms. The molecule has 0 aliphatic carbocycles. The third-order valence-corrected chi connectivity index (χ3v) is 2.04. The van der Waals surface area contributed by atoms with Gasteiger partial charge in [0, 0.05) is 0 Å². The van der Waals surface area contributed by atoms with Gasteiger partial charge in [0.2, 0.25) is 0 Å². The van der Waals surface area contributed by atoms with Gasteiger partial charge in [-0.2, -0.15) is 0 Å². The average molecular weight is 249 g/mol. The molecule has 5 heteroatoms. The average Bonchev–Trinajstić information content (AvgIpc) is 2.07. The lowest BCUT2D eigenvalue weighted by Crippen LogP contribution is -2.09. The lowest BCUT2D eigenvalue weighted by atomic mass is 10.3. The number of benzene rings is 1. The van der Waals surface area contributed by atoms with Crippen molar-refractivity contribution in [2.24, 2.45) is 0 Å². The second-order valence-electron chi connectivity index (χ2n) is 2.23. The summed E-state index contributed by atoms with van der Waals surface area (Å²) in [6.07, 6.45) is 0. The maximum Gasteiger partial charge on any atom is 0.341 e. The molecule has 0 saturated heterocycles. The Morgan fingerprint density at radius 3 is 2.92 bits per heavy atom. The monoisotopic (exact) mass is 248 g/mol. The maximum absolute atomic E-state index is 12.8. The molecular formula is C8H6BrFO3. The van der Waals surface area contributed by atoms with Gasteiger partial charge in [-0.15, -0.1) is 0 Å². The predicted molar refractivity (Wildman–Crippen MR) is 47.2 cm³/mol. The van der Waals surface area contributed by atoms with Crippen LogP contribution >= 0.6 is 15.9 Å². The number of carboxylic acid groups (broad SMARTS) is 1.